The van der Waals surface area contributed by atoms with Crippen molar-refractivity contribution >= 4 is 0 Å². The highest BCUT2D eigenvalue weighted by Gasteiger charge is 2.25. The fourth-order valence-electron chi connectivity index (χ4n) is 2.70. The third kappa shape index (κ3) is 3.68. The molecular formula is C20H23NO. The Morgan fingerprint density at radius 3 is 2.23 bits per heavy atom. The van der Waals surface area contributed by atoms with Crippen LogP contribution in [0.15, 0.2) is 48.5 Å². The normalized spacial score (nSPS) is 13.2. The summed E-state index contributed by atoms with van der Waals surface area (Å²) in [6, 6.07) is 18.6. The van der Waals surface area contributed by atoms with E-state index >= 15 is 0 Å². The molecule has 0 heterocycles. The van der Waals surface area contributed by atoms with E-state index < -0.39 is 5.41 Å². The molecule has 2 nitrogen and oxygen atoms in total. The van der Waals surface area contributed by atoms with Gasteiger partial charge in [0, 0.05) is 0 Å². The molecule has 0 bridgehead atoms. The maximum atomic E-state index is 9.55. The molecule has 0 radical (unpaired) electrons. The monoisotopic (exact) mass is 293 g/mol. The van der Waals surface area contributed by atoms with E-state index in [1.807, 2.05) is 43.3 Å². The summed E-state index contributed by atoms with van der Waals surface area (Å²) in [6.07, 6.45) is 1.64. The predicted octanol–water partition coefficient (Wildman–Crippen LogP) is 4.94. The fourth-order valence-corrected chi connectivity index (χ4v) is 2.70. The molecule has 1 atom stereocenters. The summed E-state index contributed by atoms with van der Waals surface area (Å²) >= 11 is 0. The molecule has 0 aliphatic heterocycles. The summed E-state index contributed by atoms with van der Waals surface area (Å²) in [7, 11) is 0. The molecule has 22 heavy (non-hydrogen) atoms. The first-order valence-corrected chi connectivity index (χ1v) is 7.72. The zero-order chi connectivity index (χ0) is 16.0. The minimum absolute atomic E-state index is 0.453. The molecule has 2 aromatic rings. The van der Waals surface area contributed by atoms with Gasteiger partial charge >= 0.3 is 0 Å². The van der Waals surface area contributed by atoms with Crippen molar-refractivity contribution in [3.63, 3.8) is 0 Å². The second-order valence-electron chi connectivity index (χ2n) is 5.98. The van der Waals surface area contributed by atoms with Crippen LogP contribution in [0.2, 0.25) is 0 Å². The van der Waals surface area contributed by atoms with E-state index in [1.165, 1.54) is 0 Å². The van der Waals surface area contributed by atoms with Gasteiger partial charge in [-0.05, 0) is 50.3 Å². The molecule has 2 rings (SSSR count). The van der Waals surface area contributed by atoms with E-state index in [-0.39, 0.29) is 0 Å². The molecule has 1 unspecified atom stereocenters. The number of nitrogens with zero attached hydrogens (tertiary/aromatic N) is 1. The van der Waals surface area contributed by atoms with Crippen molar-refractivity contribution in [2.45, 2.75) is 39.0 Å². The van der Waals surface area contributed by atoms with Crippen LogP contribution in [-0.4, -0.2) is 6.61 Å². The van der Waals surface area contributed by atoms with Gasteiger partial charge in [0.2, 0.25) is 0 Å². The van der Waals surface area contributed by atoms with Crippen LogP contribution >= 0.6 is 0 Å². The summed E-state index contributed by atoms with van der Waals surface area (Å²) in [6.45, 7) is 6.76. The number of rotatable bonds is 6. The van der Waals surface area contributed by atoms with Gasteiger partial charge in [0.1, 0.15) is 5.75 Å². The van der Waals surface area contributed by atoms with Gasteiger partial charge in [-0.1, -0.05) is 48.5 Å². The molecule has 0 spiro atoms. The average molecular weight is 293 g/mol. The third-order valence-corrected chi connectivity index (χ3v) is 4.13. The highest BCUT2D eigenvalue weighted by atomic mass is 16.5. The van der Waals surface area contributed by atoms with Crippen LogP contribution in [0.3, 0.4) is 0 Å². The number of ether oxygens (including phenoxy) is 1. The van der Waals surface area contributed by atoms with Crippen molar-refractivity contribution < 1.29 is 4.74 Å². The molecule has 0 amide bonds. The number of nitriles is 1. The lowest BCUT2D eigenvalue weighted by atomic mass is 9.80. The van der Waals surface area contributed by atoms with Gasteiger partial charge < -0.3 is 4.74 Å². The summed E-state index contributed by atoms with van der Waals surface area (Å²) in [5.74, 6) is 0.973. The molecule has 0 aliphatic carbocycles. The molecule has 114 valence electrons. The lowest BCUT2D eigenvalue weighted by molar-refractivity contribution is 0.292. The maximum Gasteiger partial charge on any atom is 0.125 e. The first-order chi connectivity index (χ1) is 10.6. The molecule has 0 fully saturated rings. The fraction of sp³-hybridized carbons (Fsp3) is 0.350. The molecule has 0 saturated heterocycles. The van der Waals surface area contributed by atoms with Gasteiger partial charge in [0.05, 0.1) is 18.1 Å². The smallest absolute Gasteiger partial charge is 0.125 e. The van der Waals surface area contributed by atoms with Crippen LogP contribution in [0.1, 0.15) is 36.5 Å². The van der Waals surface area contributed by atoms with Crippen LogP contribution in [0, 0.1) is 25.2 Å². The zero-order valence-corrected chi connectivity index (χ0v) is 13.6. The second kappa shape index (κ2) is 7.13. The van der Waals surface area contributed by atoms with Gasteiger partial charge in [-0.3, -0.25) is 0 Å². The lowest BCUT2D eigenvalue weighted by Gasteiger charge is -2.22. The summed E-state index contributed by atoms with van der Waals surface area (Å²) in [5, 5.41) is 9.55. The van der Waals surface area contributed by atoms with Crippen molar-refractivity contribution in [1.29, 1.82) is 5.26 Å². The van der Waals surface area contributed by atoms with Crippen molar-refractivity contribution in [3.8, 4) is 11.8 Å². The standard InChI is InChI=1S/C20H23NO/c1-16-9-7-10-17(2)19(16)22-14-8-13-20(3,15-21)18-11-5-4-6-12-18/h4-7,9-12H,8,13-14H2,1-3H3. The van der Waals surface area contributed by atoms with Crippen molar-refractivity contribution in [2.75, 3.05) is 6.61 Å². The van der Waals surface area contributed by atoms with Crippen LogP contribution in [-0.2, 0) is 5.41 Å². The van der Waals surface area contributed by atoms with Crippen LogP contribution in [0.5, 0.6) is 5.75 Å². The maximum absolute atomic E-state index is 9.55. The Bertz CT molecular complexity index is 637. The summed E-state index contributed by atoms with van der Waals surface area (Å²) in [4.78, 5) is 0. The first-order valence-electron chi connectivity index (χ1n) is 7.72. The average Bonchev–Trinajstić information content (AvgIpc) is 2.54. The van der Waals surface area contributed by atoms with Gasteiger partial charge in [-0.25, -0.2) is 0 Å². The van der Waals surface area contributed by atoms with E-state index in [2.05, 4.69) is 32.0 Å². The summed E-state index contributed by atoms with van der Waals surface area (Å²) in [5.41, 5.74) is 2.94. The van der Waals surface area contributed by atoms with Crippen molar-refractivity contribution in [2.24, 2.45) is 0 Å². The number of hydrogen-bond acceptors (Lipinski definition) is 2. The number of aryl methyl sites for hydroxylation is 2. The minimum atomic E-state index is -0.453. The van der Waals surface area contributed by atoms with E-state index in [4.69, 9.17) is 4.74 Å². The number of para-hydroxylation sites is 1. The van der Waals surface area contributed by atoms with Crippen LogP contribution < -0.4 is 4.74 Å². The quantitative estimate of drug-likeness (QED) is 0.706. The number of benzene rings is 2. The van der Waals surface area contributed by atoms with Gasteiger partial charge in [0.25, 0.3) is 0 Å². The molecular weight excluding hydrogens is 270 g/mol. The SMILES string of the molecule is Cc1cccc(C)c1OCCCC(C)(C#N)c1ccccc1. The van der Waals surface area contributed by atoms with Crippen molar-refractivity contribution in [3.05, 3.63) is 65.2 Å². The van der Waals surface area contributed by atoms with Gasteiger partial charge in [-0.2, -0.15) is 5.26 Å². The highest BCUT2D eigenvalue weighted by molar-refractivity contribution is 5.39. The van der Waals surface area contributed by atoms with E-state index in [0.29, 0.717) is 6.61 Å². The second-order valence-corrected chi connectivity index (χ2v) is 5.98. The highest BCUT2D eigenvalue weighted by Crippen LogP contribution is 2.29. The largest absolute Gasteiger partial charge is 0.493 e. The summed E-state index contributed by atoms with van der Waals surface area (Å²) < 4.78 is 5.93. The molecule has 2 heteroatoms. The number of hydrogen-bond donors (Lipinski definition) is 0. The Balaban J connectivity index is 1.94. The third-order valence-electron chi connectivity index (χ3n) is 4.13. The Kier molecular flexibility index (Phi) is 5.22. The van der Waals surface area contributed by atoms with Gasteiger partial charge in [0.15, 0.2) is 0 Å². The molecule has 0 saturated carbocycles. The minimum Gasteiger partial charge on any atom is -0.493 e. The molecule has 2 aromatic carbocycles. The topological polar surface area (TPSA) is 33.0 Å². The Labute approximate surface area is 133 Å². The van der Waals surface area contributed by atoms with Gasteiger partial charge in [-0.15, -0.1) is 0 Å². The molecule has 0 aromatic heterocycles. The van der Waals surface area contributed by atoms with E-state index in [0.717, 1.165) is 35.3 Å². The zero-order valence-electron chi connectivity index (χ0n) is 13.6. The Hall–Kier alpha value is -2.27. The van der Waals surface area contributed by atoms with Crippen LogP contribution in [0.25, 0.3) is 0 Å². The van der Waals surface area contributed by atoms with Crippen molar-refractivity contribution in [1.82, 2.24) is 0 Å². The lowest BCUT2D eigenvalue weighted by Crippen LogP contribution is -2.20. The van der Waals surface area contributed by atoms with E-state index in [1.54, 1.807) is 0 Å². The molecule has 0 N–H and O–H groups in total. The van der Waals surface area contributed by atoms with Crippen LogP contribution in [0.4, 0.5) is 0 Å². The van der Waals surface area contributed by atoms with E-state index in [9.17, 15) is 5.26 Å². The first kappa shape index (κ1) is 16.1. The Morgan fingerprint density at radius 2 is 1.64 bits per heavy atom. The molecule has 0 aliphatic rings. The predicted molar refractivity (Wildman–Crippen MR) is 90.1 cm³/mol. The Morgan fingerprint density at radius 1 is 1.00 bits per heavy atom.